The van der Waals surface area contributed by atoms with Crippen LogP contribution < -0.4 is 4.90 Å². The van der Waals surface area contributed by atoms with Gasteiger partial charge in [-0.15, -0.1) is 0 Å². The molecule has 0 aromatic carbocycles. The molecular weight excluding hydrogens is 272 g/mol. The van der Waals surface area contributed by atoms with Gasteiger partial charge in [0.15, 0.2) is 0 Å². The lowest BCUT2D eigenvalue weighted by atomic mass is 10.3. The Kier molecular flexibility index (Phi) is 3.74. The molecule has 0 amide bonds. The van der Waals surface area contributed by atoms with Crippen molar-refractivity contribution in [2.45, 2.75) is 19.9 Å². The summed E-state index contributed by atoms with van der Waals surface area (Å²) in [4.78, 5) is 22.2. The Morgan fingerprint density at radius 1 is 1.38 bits per heavy atom. The highest BCUT2D eigenvalue weighted by Crippen LogP contribution is 2.27. The highest BCUT2D eigenvalue weighted by molar-refractivity contribution is 5.97. The van der Waals surface area contributed by atoms with E-state index in [0.29, 0.717) is 25.4 Å². The smallest absolute Gasteiger partial charge is 0.352 e. The molecule has 2 aromatic heterocycles. The number of carboxylic acid groups (broad SMARTS) is 1. The van der Waals surface area contributed by atoms with Crippen molar-refractivity contribution in [1.29, 1.82) is 0 Å². The first-order chi connectivity index (χ1) is 10.2. The van der Waals surface area contributed by atoms with Gasteiger partial charge in [-0.1, -0.05) is 6.92 Å². The van der Waals surface area contributed by atoms with Crippen LogP contribution in [0.25, 0.3) is 11.0 Å². The molecule has 1 aliphatic rings. The van der Waals surface area contributed by atoms with Crippen molar-refractivity contribution in [2.24, 2.45) is 0 Å². The molecule has 1 fully saturated rings. The molecule has 0 radical (unpaired) electrons. The first-order valence-electron chi connectivity index (χ1n) is 7.12. The maximum absolute atomic E-state index is 11.5. The summed E-state index contributed by atoms with van der Waals surface area (Å²) in [5.41, 5.74) is 0.951. The van der Waals surface area contributed by atoms with E-state index in [9.17, 15) is 9.90 Å². The zero-order valence-electron chi connectivity index (χ0n) is 11.9. The van der Waals surface area contributed by atoms with Crippen LogP contribution in [0.3, 0.4) is 0 Å². The molecule has 112 valence electrons. The number of carbonyl (C=O) groups is 1. The number of rotatable bonds is 4. The van der Waals surface area contributed by atoms with Gasteiger partial charge in [0, 0.05) is 19.6 Å². The lowest BCUT2D eigenvalue weighted by Crippen LogP contribution is -2.36. The average molecular weight is 290 g/mol. The van der Waals surface area contributed by atoms with Crippen molar-refractivity contribution in [2.75, 3.05) is 31.2 Å². The number of carboxylic acids is 1. The second kappa shape index (κ2) is 5.69. The highest BCUT2D eigenvalue weighted by atomic mass is 16.5. The summed E-state index contributed by atoms with van der Waals surface area (Å²) >= 11 is 0. The van der Waals surface area contributed by atoms with Crippen molar-refractivity contribution in [1.82, 2.24) is 14.5 Å². The SMILES string of the molecule is CCCn1c(C(=O)O)cc2c(N3CCOCC3)ncnc21. The van der Waals surface area contributed by atoms with Crippen LogP contribution in [0.15, 0.2) is 12.4 Å². The molecular formula is C14H18N4O3. The van der Waals surface area contributed by atoms with Gasteiger partial charge in [-0.25, -0.2) is 14.8 Å². The third-order valence-corrected chi connectivity index (χ3v) is 3.65. The lowest BCUT2D eigenvalue weighted by molar-refractivity contribution is 0.0685. The minimum Gasteiger partial charge on any atom is -0.477 e. The molecule has 2 aromatic rings. The van der Waals surface area contributed by atoms with E-state index in [1.54, 1.807) is 10.6 Å². The van der Waals surface area contributed by atoms with Crippen molar-refractivity contribution < 1.29 is 14.6 Å². The van der Waals surface area contributed by atoms with Crippen LogP contribution in [0.4, 0.5) is 5.82 Å². The molecule has 7 heteroatoms. The van der Waals surface area contributed by atoms with E-state index in [1.807, 2.05) is 6.92 Å². The molecule has 21 heavy (non-hydrogen) atoms. The molecule has 0 atom stereocenters. The Labute approximate surface area is 122 Å². The summed E-state index contributed by atoms with van der Waals surface area (Å²) in [5, 5.41) is 10.2. The van der Waals surface area contributed by atoms with Gasteiger partial charge in [0.05, 0.1) is 18.6 Å². The molecule has 0 bridgehead atoms. The highest BCUT2D eigenvalue weighted by Gasteiger charge is 2.21. The van der Waals surface area contributed by atoms with Gasteiger partial charge in [0.1, 0.15) is 23.5 Å². The summed E-state index contributed by atoms with van der Waals surface area (Å²) in [5.74, 6) is -0.143. The predicted octanol–water partition coefficient (Wildman–Crippen LogP) is 1.38. The predicted molar refractivity (Wildman–Crippen MR) is 77.8 cm³/mol. The van der Waals surface area contributed by atoms with Crippen LogP contribution in [-0.2, 0) is 11.3 Å². The van der Waals surface area contributed by atoms with Crippen molar-refractivity contribution in [3.05, 3.63) is 18.1 Å². The average Bonchev–Trinajstić information content (AvgIpc) is 2.88. The monoisotopic (exact) mass is 290 g/mol. The quantitative estimate of drug-likeness (QED) is 0.916. The number of aryl methyl sites for hydroxylation is 1. The molecule has 0 saturated carbocycles. The number of hydrogen-bond donors (Lipinski definition) is 1. The zero-order chi connectivity index (χ0) is 14.8. The number of aromatic nitrogens is 3. The van der Waals surface area contributed by atoms with E-state index in [1.165, 1.54) is 6.33 Å². The largest absolute Gasteiger partial charge is 0.477 e. The van der Waals surface area contributed by atoms with Crippen molar-refractivity contribution >= 4 is 22.8 Å². The van der Waals surface area contributed by atoms with E-state index in [-0.39, 0.29) is 5.69 Å². The molecule has 1 aliphatic heterocycles. The topological polar surface area (TPSA) is 80.5 Å². The fourth-order valence-corrected chi connectivity index (χ4v) is 2.70. The Hall–Kier alpha value is -2.15. The second-order valence-electron chi connectivity index (χ2n) is 5.02. The first kappa shape index (κ1) is 13.8. The van der Waals surface area contributed by atoms with Crippen LogP contribution in [0.5, 0.6) is 0 Å². The fraction of sp³-hybridized carbons (Fsp3) is 0.500. The first-order valence-corrected chi connectivity index (χ1v) is 7.12. The summed E-state index contributed by atoms with van der Waals surface area (Å²) < 4.78 is 7.11. The van der Waals surface area contributed by atoms with E-state index in [0.717, 1.165) is 30.7 Å². The van der Waals surface area contributed by atoms with E-state index < -0.39 is 5.97 Å². The molecule has 1 N–H and O–H groups in total. The number of ether oxygens (including phenoxy) is 1. The van der Waals surface area contributed by atoms with E-state index in [4.69, 9.17) is 4.74 Å². The third kappa shape index (κ3) is 2.44. The van der Waals surface area contributed by atoms with E-state index in [2.05, 4.69) is 14.9 Å². The summed E-state index contributed by atoms with van der Waals surface area (Å²) in [6.07, 6.45) is 2.35. The zero-order valence-corrected chi connectivity index (χ0v) is 11.9. The molecule has 3 rings (SSSR count). The minimum atomic E-state index is -0.936. The van der Waals surface area contributed by atoms with Crippen LogP contribution in [0.2, 0.25) is 0 Å². The number of aromatic carboxylic acids is 1. The molecule has 0 unspecified atom stereocenters. The van der Waals surface area contributed by atoms with Gasteiger partial charge in [-0.05, 0) is 12.5 Å². The van der Waals surface area contributed by atoms with Gasteiger partial charge in [-0.2, -0.15) is 0 Å². The van der Waals surface area contributed by atoms with Gasteiger partial charge < -0.3 is 19.3 Å². The van der Waals surface area contributed by atoms with E-state index >= 15 is 0 Å². The molecule has 1 saturated heterocycles. The fourth-order valence-electron chi connectivity index (χ4n) is 2.70. The minimum absolute atomic E-state index is 0.266. The van der Waals surface area contributed by atoms with Gasteiger partial charge in [-0.3, -0.25) is 0 Å². The standard InChI is InChI=1S/C14H18N4O3/c1-2-3-18-11(14(19)20)8-10-12(15-9-16-13(10)18)17-4-6-21-7-5-17/h8-9H,2-7H2,1H3,(H,19,20). The van der Waals surface area contributed by atoms with Crippen molar-refractivity contribution in [3.63, 3.8) is 0 Å². The van der Waals surface area contributed by atoms with Gasteiger partial charge >= 0.3 is 5.97 Å². The second-order valence-corrected chi connectivity index (χ2v) is 5.02. The Morgan fingerprint density at radius 2 is 2.14 bits per heavy atom. The molecule has 3 heterocycles. The Balaban J connectivity index is 2.14. The Bertz CT molecular complexity index is 662. The summed E-state index contributed by atoms with van der Waals surface area (Å²) in [6, 6.07) is 1.68. The summed E-state index contributed by atoms with van der Waals surface area (Å²) in [7, 11) is 0. The third-order valence-electron chi connectivity index (χ3n) is 3.65. The van der Waals surface area contributed by atoms with Crippen molar-refractivity contribution in [3.8, 4) is 0 Å². The number of fused-ring (bicyclic) bond motifs is 1. The molecule has 0 spiro atoms. The number of anilines is 1. The summed E-state index contributed by atoms with van der Waals surface area (Å²) in [6.45, 7) is 5.48. The molecule has 0 aliphatic carbocycles. The van der Waals surface area contributed by atoms with Crippen LogP contribution in [0.1, 0.15) is 23.8 Å². The van der Waals surface area contributed by atoms with Crippen LogP contribution in [0, 0.1) is 0 Å². The van der Waals surface area contributed by atoms with Gasteiger partial charge in [0.2, 0.25) is 0 Å². The number of hydrogen-bond acceptors (Lipinski definition) is 5. The maximum Gasteiger partial charge on any atom is 0.352 e. The lowest BCUT2D eigenvalue weighted by Gasteiger charge is -2.28. The number of morpholine rings is 1. The van der Waals surface area contributed by atoms with Gasteiger partial charge in [0.25, 0.3) is 0 Å². The number of nitrogens with zero attached hydrogens (tertiary/aromatic N) is 4. The normalized spacial score (nSPS) is 15.6. The van der Waals surface area contributed by atoms with Crippen LogP contribution >= 0.6 is 0 Å². The van der Waals surface area contributed by atoms with Crippen LogP contribution in [-0.4, -0.2) is 51.9 Å². The molecule has 7 nitrogen and oxygen atoms in total. The Morgan fingerprint density at radius 3 is 2.81 bits per heavy atom. The maximum atomic E-state index is 11.5.